The van der Waals surface area contributed by atoms with Crippen molar-refractivity contribution in [2.75, 3.05) is 18.4 Å². The molecule has 0 aliphatic rings. The molecule has 0 fully saturated rings. The second-order valence-corrected chi connectivity index (χ2v) is 6.18. The fourth-order valence-corrected chi connectivity index (χ4v) is 2.40. The van der Waals surface area contributed by atoms with Crippen LogP contribution in [0.3, 0.4) is 0 Å². The van der Waals surface area contributed by atoms with Gasteiger partial charge in [0, 0.05) is 18.3 Å². The SMILES string of the molecule is CCN(CC)Cc1cccc(NC(C)CCC(C)C)c1. The van der Waals surface area contributed by atoms with Gasteiger partial charge in [-0.25, -0.2) is 0 Å². The molecule has 0 aromatic heterocycles. The molecule has 0 amide bonds. The Hall–Kier alpha value is -1.02. The van der Waals surface area contributed by atoms with Crippen LogP contribution in [0.5, 0.6) is 0 Å². The number of anilines is 1. The van der Waals surface area contributed by atoms with Gasteiger partial charge < -0.3 is 5.32 Å². The van der Waals surface area contributed by atoms with Gasteiger partial charge in [0.15, 0.2) is 0 Å². The zero-order valence-electron chi connectivity index (χ0n) is 13.9. The van der Waals surface area contributed by atoms with Crippen LogP contribution in [0.1, 0.15) is 53.0 Å². The zero-order valence-corrected chi connectivity index (χ0v) is 13.9. The molecule has 0 bridgehead atoms. The summed E-state index contributed by atoms with van der Waals surface area (Å²) in [6, 6.07) is 9.40. The van der Waals surface area contributed by atoms with E-state index < -0.39 is 0 Å². The van der Waals surface area contributed by atoms with Crippen molar-refractivity contribution < 1.29 is 0 Å². The molecular weight excluding hydrogens is 244 g/mol. The van der Waals surface area contributed by atoms with Gasteiger partial charge in [-0.1, -0.05) is 39.8 Å². The highest BCUT2D eigenvalue weighted by atomic mass is 15.1. The van der Waals surface area contributed by atoms with Gasteiger partial charge in [0.2, 0.25) is 0 Å². The quantitative estimate of drug-likeness (QED) is 0.699. The molecule has 0 aliphatic carbocycles. The first-order valence-electron chi connectivity index (χ1n) is 8.13. The summed E-state index contributed by atoms with van der Waals surface area (Å²) in [6.07, 6.45) is 2.52. The molecule has 2 heteroatoms. The first-order valence-corrected chi connectivity index (χ1v) is 8.13. The van der Waals surface area contributed by atoms with Crippen molar-refractivity contribution in [3.63, 3.8) is 0 Å². The van der Waals surface area contributed by atoms with Crippen molar-refractivity contribution in [2.24, 2.45) is 5.92 Å². The van der Waals surface area contributed by atoms with Crippen LogP contribution in [0.15, 0.2) is 24.3 Å². The Morgan fingerprint density at radius 3 is 2.35 bits per heavy atom. The van der Waals surface area contributed by atoms with Crippen LogP contribution in [0.4, 0.5) is 5.69 Å². The summed E-state index contributed by atoms with van der Waals surface area (Å²) < 4.78 is 0. The molecular formula is C18H32N2. The van der Waals surface area contributed by atoms with Crippen molar-refractivity contribution in [1.29, 1.82) is 0 Å². The van der Waals surface area contributed by atoms with Crippen molar-refractivity contribution in [3.8, 4) is 0 Å². The predicted molar refractivity (Wildman–Crippen MR) is 90.2 cm³/mol. The lowest BCUT2D eigenvalue weighted by Crippen LogP contribution is -2.22. The Labute approximate surface area is 125 Å². The standard InChI is InChI=1S/C18H32N2/c1-6-20(7-2)14-17-9-8-10-18(13-17)19-16(5)12-11-15(3)4/h8-10,13,15-16,19H,6-7,11-12,14H2,1-5H3. The monoisotopic (exact) mass is 276 g/mol. The van der Waals surface area contributed by atoms with Gasteiger partial charge in [0.1, 0.15) is 0 Å². The first kappa shape index (κ1) is 17.0. The van der Waals surface area contributed by atoms with Gasteiger partial charge in [0.05, 0.1) is 0 Å². The zero-order chi connectivity index (χ0) is 15.0. The predicted octanol–water partition coefficient (Wildman–Crippen LogP) is 4.77. The summed E-state index contributed by atoms with van der Waals surface area (Å²) in [5, 5.41) is 3.63. The maximum absolute atomic E-state index is 3.63. The highest BCUT2D eigenvalue weighted by Crippen LogP contribution is 2.16. The minimum Gasteiger partial charge on any atom is -0.383 e. The normalized spacial score (nSPS) is 12.9. The van der Waals surface area contributed by atoms with Crippen LogP contribution in [-0.2, 0) is 6.54 Å². The number of benzene rings is 1. The Kier molecular flexibility index (Phi) is 7.68. The number of rotatable bonds is 9. The third-order valence-electron chi connectivity index (χ3n) is 3.82. The molecule has 0 radical (unpaired) electrons. The van der Waals surface area contributed by atoms with E-state index in [1.807, 2.05) is 0 Å². The van der Waals surface area contributed by atoms with E-state index in [9.17, 15) is 0 Å². The second-order valence-electron chi connectivity index (χ2n) is 6.18. The molecule has 0 saturated carbocycles. The van der Waals surface area contributed by atoms with E-state index >= 15 is 0 Å². The van der Waals surface area contributed by atoms with E-state index in [1.54, 1.807) is 0 Å². The summed E-state index contributed by atoms with van der Waals surface area (Å²) in [4.78, 5) is 2.45. The molecule has 20 heavy (non-hydrogen) atoms. The molecule has 1 N–H and O–H groups in total. The van der Waals surface area contributed by atoms with Gasteiger partial charge in [-0.05, 0) is 56.5 Å². The lowest BCUT2D eigenvalue weighted by Gasteiger charge is -2.20. The molecule has 1 atom stereocenters. The highest BCUT2D eigenvalue weighted by Gasteiger charge is 2.05. The fourth-order valence-electron chi connectivity index (χ4n) is 2.40. The minimum absolute atomic E-state index is 0.543. The van der Waals surface area contributed by atoms with Crippen LogP contribution >= 0.6 is 0 Å². The van der Waals surface area contributed by atoms with Gasteiger partial charge in [-0.3, -0.25) is 4.90 Å². The van der Waals surface area contributed by atoms with Crippen LogP contribution in [0, 0.1) is 5.92 Å². The van der Waals surface area contributed by atoms with E-state index in [-0.39, 0.29) is 0 Å². The molecule has 1 aromatic rings. The Balaban J connectivity index is 2.54. The molecule has 1 rings (SSSR count). The summed E-state index contributed by atoms with van der Waals surface area (Å²) in [5.41, 5.74) is 2.65. The summed E-state index contributed by atoms with van der Waals surface area (Å²) in [5.74, 6) is 0.785. The molecule has 2 nitrogen and oxygen atoms in total. The number of hydrogen-bond donors (Lipinski definition) is 1. The van der Waals surface area contributed by atoms with Gasteiger partial charge in [-0.15, -0.1) is 0 Å². The van der Waals surface area contributed by atoms with E-state index in [4.69, 9.17) is 0 Å². The van der Waals surface area contributed by atoms with Gasteiger partial charge >= 0.3 is 0 Å². The van der Waals surface area contributed by atoms with Gasteiger partial charge in [0.25, 0.3) is 0 Å². The molecule has 1 aromatic carbocycles. The summed E-state index contributed by atoms with van der Waals surface area (Å²) in [6.45, 7) is 14.6. The van der Waals surface area contributed by atoms with Crippen molar-refractivity contribution in [3.05, 3.63) is 29.8 Å². The number of nitrogens with zero attached hydrogens (tertiary/aromatic N) is 1. The van der Waals surface area contributed by atoms with Gasteiger partial charge in [-0.2, -0.15) is 0 Å². The Morgan fingerprint density at radius 1 is 1.05 bits per heavy atom. The maximum atomic E-state index is 3.63. The average molecular weight is 276 g/mol. The number of nitrogens with one attached hydrogen (secondary N) is 1. The van der Waals surface area contributed by atoms with Crippen LogP contribution < -0.4 is 5.32 Å². The number of hydrogen-bond acceptors (Lipinski definition) is 2. The van der Waals surface area contributed by atoms with E-state index in [0.717, 1.165) is 25.6 Å². The van der Waals surface area contributed by atoms with Crippen LogP contribution in [-0.4, -0.2) is 24.0 Å². The lowest BCUT2D eigenvalue weighted by molar-refractivity contribution is 0.296. The molecule has 0 spiro atoms. The largest absolute Gasteiger partial charge is 0.383 e. The van der Waals surface area contributed by atoms with Crippen molar-refractivity contribution in [1.82, 2.24) is 4.90 Å². The molecule has 0 saturated heterocycles. The van der Waals surface area contributed by atoms with Crippen LogP contribution in [0.25, 0.3) is 0 Å². The van der Waals surface area contributed by atoms with E-state index in [1.165, 1.54) is 24.1 Å². The molecule has 1 unspecified atom stereocenters. The third kappa shape index (κ3) is 6.42. The smallest absolute Gasteiger partial charge is 0.0345 e. The first-order chi connectivity index (χ1) is 9.55. The molecule has 0 aliphatic heterocycles. The Bertz CT molecular complexity index is 369. The third-order valence-corrected chi connectivity index (χ3v) is 3.82. The Morgan fingerprint density at radius 2 is 1.75 bits per heavy atom. The maximum Gasteiger partial charge on any atom is 0.0345 e. The fraction of sp³-hybridized carbons (Fsp3) is 0.667. The lowest BCUT2D eigenvalue weighted by atomic mass is 10.0. The highest BCUT2D eigenvalue weighted by molar-refractivity contribution is 5.46. The summed E-state index contributed by atoms with van der Waals surface area (Å²) >= 11 is 0. The average Bonchev–Trinajstić information content (AvgIpc) is 2.43. The second kappa shape index (κ2) is 9.02. The molecule has 0 heterocycles. The minimum atomic E-state index is 0.543. The van der Waals surface area contributed by atoms with Crippen LogP contribution in [0.2, 0.25) is 0 Å². The summed E-state index contributed by atoms with van der Waals surface area (Å²) in [7, 11) is 0. The van der Waals surface area contributed by atoms with E-state index in [2.05, 4.69) is 69.1 Å². The van der Waals surface area contributed by atoms with Crippen molar-refractivity contribution >= 4 is 5.69 Å². The van der Waals surface area contributed by atoms with Crippen molar-refractivity contribution in [2.45, 2.75) is 60.0 Å². The topological polar surface area (TPSA) is 15.3 Å². The van der Waals surface area contributed by atoms with E-state index in [0.29, 0.717) is 6.04 Å². The molecule has 114 valence electrons.